The zero-order valence-electron chi connectivity index (χ0n) is 13.8. The molecule has 0 saturated heterocycles. The summed E-state index contributed by atoms with van der Waals surface area (Å²) >= 11 is 0. The molecule has 1 aromatic heterocycles. The van der Waals surface area contributed by atoms with Crippen molar-refractivity contribution < 1.29 is 19.0 Å². The van der Waals surface area contributed by atoms with E-state index >= 15 is 0 Å². The highest BCUT2D eigenvalue weighted by Crippen LogP contribution is 2.29. The van der Waals surface area contributed by atoms with Crippen LogP contribution in [0.5, 0.6) is 5.75 Å². The molecule has 0 unspecified atom stereocenters. The summed E-state index contributed by atoms with van der Waals surface area (Å²) in [5.41, 5.74) is 0.900. The largest absolute Gasteiger partial charge is 0.488 e. The van der Waals surface area contributed by atoms with Gasteiger partial charge in [-0.2, -0.15) is 0 Å². The van der Waals surface area contributed by atoms with E-state index in [1.807, 2.05) is 0 Å². The van der Waals surface area contributed by atoms with E-state index in [-0.39, 0.29) is 23.7 Å². The third kappa shape index (κ3) is 4.76. The average Bonchev–Trinajstić information content (AvgIpc) is 2.96. The van der Waals surface area contributed by atoms with Gasteiger partial charge in [-0.05, 0) is 54.8 Å². The van der Waals surface area contributed by atoms with E-state index in [1.165, 1.54) is 12.1 Å². The quantitative estimate of drug-likeness (QED) is 0.842. The molecule has 3 rings (SSSR count). The number of amides is 1. The van der Waals surface area contributed by atoms with Crippen LogP contribution in [0.2, 0.25) is 0 Å². The van der Waals surface area contributed by atoms with Gasteiger partial charge in [-0.15, -0.1) is 0 Å². The Morgan fingerprint density at radius 1 is 1.20 bits per heavy atom. The molecule has 3 atom stereocenters. The third-order valence-corrected chi connectivity index (χ3v) is 4.46. The molecule has 1 saturated carbocycles. The molecule has 132 valence electrons. The summed E-state index contributed by atoms with van der Waals surface area (Å²) in [7, 11) is 0. The Hall–Kier alpha value is -2.47. The lowest BCUT2D eigenvalue weighted by Crippen LogP contribution is -2.37. The molecular weight excluding hydrogens is 323 g/mol. The molecule has 6 heteroatoms. The van der Waals surface area contributed by atoms with E-state index in [0.29, 0.717) is 25.1 Å². The van der Waals surface area contributed by atoms with Crippen molar-refractivity contribution in [2.45, 2.75) is 31.5 Å². The van der Waals surface area contributed by atoms with Crippen molar-refractivity contribution in [3.63, 3.8) is 0 Å². The van der Waals surface area contributed by atoms with Gasteiger partial charge < -0.3 is 15.2 Å². The van der Waals surface area contributed by atoms with Crippen LogP contribution < -0.4 is 10.1 Å². The summed E-state index contributed by atoms with van der Waals surface area (Å²) < 4.78 is 18.7. The number of nitrogens with zero attached hydrogens (tertiary/aromatic N) is 1. The molecule has 1 aliphatic carbocycles. The fourth-order valence-corrected chi connectivity index (χ4v) is 3.06. The SMILES string of the molecule is O=C(Cc1ccncc1)NC[C@H]1CC[C@@H](Oc2ccc(F)cc2)[C@@H]1O. The molecule has 1 fully saturated rings. The lowest BCUT2D eigenvalue weighted by Gasteiger charge is -2.21. The lowest BCUT2D eigenvalue weighted by atomic mass is 10.1. The number of nitrogens with one attached hydrogen (secondary N) is 1. The van der Waals surface area contributed by atoms with Crippen molar-refractivity contribution in [3.8, 4) is 5.75 Å². The van der Waals surface area contributed by atoms with Crippen LogP contribution >= 0.6 is 0 Å². The first-order chi connectivity index (χ1) is 12.1. The van der Waals surface area contributed by atoms with Gasteiger partial charge in [-0.25, -0.2) is 4.39 Å². The Bertz CT molecular complexity index is 694. The molecule has 1 heterocycles. The first kappa shape index (κ1) is 17.4. The highest BCUT2D eigenvalue weighted by Gasteiger charge is 2.36. The molecule has 0 aliphatic heterocycles. The van der Waals surface area contributed by atoms with Gasteiger partial charge in [0.25, 0.3) is 0 Å². The van der Waals surface area contributed by atoms with Gasteiger partial charge in [0, 0.05) is 24.9 Å². The number of ether oxygens (including phenoxy) is 1. The molecule has 2 N–H and O–H groups in total. The number of hydrogen-bond acceptors (Lipinski definition) is 4. The number of rotatable bonds is 6. The standard InChI is InChI=1S/C19H21FN2O3/c20-15-2-4-16(5-3-15)25-17-6-1-14(19(17)24)12-22-18(23)11-13-7-9-21-10-8-13/h2-5,7-10,14,17,19,24H,1,6,11-12H2,(H,22,23)/t14-,17-,19-/m1/s1. The maximum atomic E-state index is 12.9. The number of hydrogen-bond donors (Lipinski definition) is 2. The Balaban J connectivity index is 1.46. The average molecular weight is 344 g/mol. The van der Waals surface area contributed by atoms with Crippen LogP contribution in [0, 0.1) is 11.7 Å². The van der Waals surface area contributed by atoms with Crippen molar-refractivity contribution in [1.29, 1.82) is 0 Å². The number of halogens is 1. The molecule has 0 bridgehead atoms. The second-order valence-electron chi connectivity index (χ2n) is 6.27. The maximum Gasteiger partial charge on any atom is 0.224 e. The van der Waals surface area contributed by atoms with Crippen molar-refractivity contribution in [1.82, 2.24) is 10.3 Å². The Kier molecular flexibility index (Phi) is 5.60. The first-order valence-corrected chi connectivity index (χ1v) is 8.37. The summed E-state index contributed by atoms with van der Waals surface area (Å²) in [5, 5.41) is 13.3. The van der Waals surface area contributed by atoms with Gasteiger partial charge in [-0.1, -0.05) is 0 Å². The van der Waals surface area contributed by atoms with Crippen molar-refractivity contribution in [2.75, 3.05) is 6.54 Å². The third-order valence-electron chi connectivity index (χ3n) is 4.46. The Morgan fingerprint density at radius 3 is 2.64 bits per heavy atom. The van der Waals surface area contributed by atoms with Crippen LogP contribution in [0.3, 0.4) is 0 Å². The van der Waals surface area contributed by atoms with Crippen LogP contribution in [0.15, 0.2) is 48.8 Å². The summed E-state index contributed by atoms with van der Waals surface area (Å²) in [6.07, 6.45) is 4.06. The molecule has 0 spiro atoms. The van der Waals surface area contributed by atoms with Gasteiger partial charge in [0.15, 0.2) is 0 Å². The zero-order valence-corrected chi connectivity index (χ0v) is 13.8. The smallest absolute Gasteiger partial charge is 0.224 e. The number of aliphatic hydroxyl groups is 1. The van der Waals surface area contributed by atoms with Crippen LogP contribution in [0.4, 0.5) is 4.39 Å². The normalized spacial score (nSPS) is 22.6. The molecular formula is C19H21FN2O3. The second kappa shape index (κ2) is 8.07. The number of carbonyl (C=O) groups is 1. The van der Waals surface area contributed by atoms with Gasteiger partial charge in [0.2, 0.25) is 5.91 Å². The Morgan fingerprint density at radius 2 is 1.92 bits per heavy atom. The van der Waals surface area contributed by atoms with E-state index in [4.69, 9.17) is 4.74 Å². The van der Waals surface area contributed by atoms with Gasteiger partial charge in [0.1, 0.15) is 17.7 Å². The van der Waals surface area contributed by atoms with E-state index in [9.17, 15) is 14.3 Å². The number of aliphatic hydroxyl groups excluding tert-OH is 1. The molecule has 5 nitrogen and oxygen atoms in total. The fourth-order valence-electron chi connectivity index (χ4n) is 3.06. The van der Waals surface area contributed by atoms with Crippen LogP contribution in [0.1, 0.15) is 18.4 Å². The van der Waals surface area contributed by atoms with E-state index < -0.39 is 6.10 Å². The van der Waals surface area contributed by atoms with Gasteiger partial charge >= 0.3 is 0 Å². The second-order valence-corrected chi connectivity index (χ2v) is 6.27. The molecule has 1 aromatic carbocycles. The summed E-state index contributed by atoms with van der Waals surface area (Å²) in [6.45, 7) is 0.411. The fraction of sp³-hybridized carbons (Fsp3) is 0.368. The maximum absolute atomic E-state index is 12.9. The monoisotopic (exact) mass is 344 g/mol. The highest BCUT2D eigenvalue weighted by molar-refractivity contribution is 5.78. The van der Waals surface area contributed by atoms with Crippen LogP contribution in [-0.4, -0.2) is 34.8 Å². The number of aromatic nitrogens is 1. The zero-order chi connectivity index (χ0) is 17.6. The minimum absolute atomic E-state index is 0.0492. The summed E-state index contributed by atoms with van der Waals surface area (Å²) in [4.78, 5) is 15.9. The van der Waals surface area contributed by atoms with Crippen LogP contribution in [0.25, 0.3) is 0 Å². The summed E-state index contributed by atoms with van der Waals surface area (Å²) in [5.74, 6) is 0.0788. The Labute approximate surface area is 145 Å². The first-order valence-electron chi connectivity index (χ1n) is 8.37. The highest BCUT2D eigenvalue weighted by atomic mass is 19.1. The van der Waals surface area contributed by atoms with E-state index in [1.54, 1.807) is 36.7 Å². The van der Waals surface area contributed by atoms with E-state index in [0.717, 1.165) is 12.0 Å². The van der Waals surface area contributed by atoms with Gasteiger partial charge in [0.05, 0.1) is 12.5 Å². The van der Waals surface area contributed by atoms with Crippen LogP contribution in [-0.2, 0) is 11.2 Å². The van der Waals surface area contributed by atoms with Gasteiger partial charge in [-0.3, -0.25) is 9.78 Å². The summed E-state index contributed by atoms with van der Waals surface area (Å²) in [6, 6.07) is 9.35. The number of pyridine rings is 1. The van der Waals surface area contributed by atoms with Crippen molar-refractivity contribution in [2.24, 2.45) is 5.92 Å². The number of carbonyl (C=O) groups excluding carboxylic acids is 1. The van der Waals surface area contributed by atoms with Crippen molar-refractivity contribution >= 4 is 5.91 Å². The number of benzene rings is 1. The topological polar surface area (TPSA) is 71.5 Å². The predicted octanol–water partition coefficient (Wildman–Crippen LogP) is 2.10. The molecule has 2 aromatic rings. The van der Waals surface area contributed by atoms with E-state index in [2.05, 4.69) is 10.3 Å². The predicted molar refractivity (Wildman–Crippen MR) is 90.5 cm³/mol. The molecule has 25 heavy (non-hydrogen) atoms. The lowest BCUT2D eigenvalue weighted by molar-refractivity contribution is -0.120. The molecule has 1 aliphatic rings. The minimum atomic E-state index is -0.661. The molecule has 1 amide bonds. The molecule has 0 radical (unpaired) electrons. The minimum Gasteiger partial charge on any atom is -0.488 e. The van der Waals surface area contributed by atoms with Crippen molar-refractivity contribution in [3.05, 3.63) is 60.2 Å².